The predicted octanol–water partition coefficient (Wildman–Crippen LogP) is 2.30. The van der Waals surface area contributed by atoms with Crippen LogP contribution in [0.2, 0.25) is 0 Å². The number of amides is 1. The summed E-state index contributed by atoms with van der Waals surface area (Å²) in [5.41, 5.74) is 0. The SMILES string of the molecule is Cc1nccn1CCC(=O)N1CCC([C@H]2CCCCN2C)CC1. The lowest BCUT2D eigenvalue weighted by Gasteiger charge is -2.42. The van der Waals surface area contributed by atoms with E-state index in [1.807, 2.05) is 13.1 Å². The molecule has 1 amide bonds. The van der Waals surface area contributed by atoms with Crippen molar-refractivity contribution in [3.05, 3.63) is 18.2 Å². The van der Waals surface area contributed by atoms with Crippen molar-refractivity contribution in [1.29, 1.82) is 0 Å². The molecular formula is C18H30N4O. The summed E-state index contributed by atoms with van der Waals surface area (Å²) in [5.74, 6) is 2.06. The quantitative estimate of drug-likeness (QED) is 0.855. The minimum atomic E-state index is 0.300. The van der Waals surface area contributed by atoms with Crippen LogP contribution in [0.15, 0.2) is 12.4 Å². The maximum Gasteiger partial charge on any atom is 0.224 e. The first kappa shape index (κ1) is 16.5. The Morgan fingerprint density at radius 1 is 1.22 bits per heavy atom. The third-order valence-corrected chi connectivity index (χ3v) is 5.75. The molecule has 0 unspecified atom stereocenters. The van der Waals surface area contributed by atoms with Gasteiger partial charge in [-0.15, -0.1) is 0 Å². The van der Waals surface area contributed by atoms with Gasteiger partial charge in [0.15, 0.2) is 0 Å². The Morgan fingerprint density at radius 3 is 2.65 bits per heavy atom. The first-order chi connectivity index (χ1) is 11.1. The number of aromatic nitrogens is 2. The molecule has 3 heterocycles. The number of nitrogens with zero attached hydrogens (tertiary/aromatic N) is 4. The van der Waals surface area contributed by atoms with E-state index in [9.17, 15) is 4.79 Å². The van der Waals surface area contributed by atoms with Crippen LogP contribution in [0.25, 0.3) is 0 Å². The lowest BCUT2D eigenvalue weighted by atomic mass is 9.84. The molecule has 23 heavy (non-hydrogen) atoms. The van der Waals surface area contributed by atoms with Gasteiger partial charge < -0.3 is 14.4 Å². The van der Waals surface area contributed by atoms with Crippen LogP contribution in [0, 0.1) is 12.8 Å². The molecule has 2 saturated heterocycles. The fraction of sp³-hybridized carbons (Fsp3) is 0.778. The van der Waals surface area contributed by atoms with Crippen molar-refractivity contribution in [2.75, 3.05) is 26.7 Å². The number of aryl methyl sites for hydroxylation is 2. The van der Waals surface area contributed by atoms with Crippen LogP contribution >= 0.6 is 0 Å². The van der Waals surface area contributed by atoms with Crippen LogP contribution in [-0.4, -0.2) is 58.0 Å². The summed E-state index contributed by atoms with van der Waals surface area (Å²) in [5, 5.41) is 0. The molecule has 0 spiro atoms. The number of imidazole rings is 1. The molecule has 1 atom stereocenters. The first-order valence-corrected chi connectivity index (χ1v) is 9.11. The van der Waals surface area contributed by atoms with Crippen LogP contribution in [0.3, 0.4) is 0 Å². The molecule has 0 saturated carbocycles. The standard InChI is InChI=1S/C18H30N4O/c1-15-19-9-14-21(15)13-8-18(23)22-11-6-16(7-12-22)17-5-3-4-10-20(17)2/h9,14,16-17H,3-8,10-13H2,1-2H3/t17-/m1/s1. The topological polar surface area (TPSA) is 41.4 Å². The molecule has 3 rings (SSSR count). The van der Waals surface area contributed by atoms with Gasteiger partial charge in [-0.1, -0.05) is 6.42 Å². The maximum atomic E-state index is 12.4. The fourth-order valence-electron chi connectivity index (χ4n) is 4.24. The molecule has 0 N–H and O–H groups in total. The molecule has 5 nitrogen and oxygen atoms in total. The van der Waals surface area contributed by atoms with Gasteiger partial charge in [0.25, 0.3) is 0 Å². The van der Waals surface area contributed by atoms with Crippen molar-refractivity contribution in [1.82, 2.24) is 19.4 Å². The molecule has 0 radical (unpaired) electrons. The van der Waals surface area contributed by atoms with Gasteiger partial charge in [-0.3, -0.25) is 4.79 Å². The van der Waals surface area contributed by atoms with Crippen molar-refractivity contribution in [2.45, 2.75) is 58.0 Å². The van der Waals surface area contributed by atoms with E-state index in [1.165, 1.54) is 38.6 Å². The Hall–Kier alpha value is -1.36. The second-order valence-electron chi connectivity index (χ2n) is 7.18. The molecule has 0 aliphatic carbocycles. The molecule has 2 aliphatic heterocycles. The highest BCUT2D eigenvalue weighted by atomic mass is 16.2. The Kier molecular flexibility index (Phi) is 5.36. The Balaban J connectivity index is 1.44. The number of piperidine rings is 2. The van der Waals surface area contributed by atoms with Crippen molar-refractivity contribution in [2.24, 2.45) is 5.92 Å². The molecule has 1 aromatic heterocycles. The Labute approximate surface area is 139 Å². The summed E-state index contributed by atoms with van der Waals surface area (Å²) in [6, 6.07) is 0.745. The van der Waals surface area contributed by atoms with E-state index in [-0.39, 0.29) is 0 Å². The zero-order valence-electron chi connectivity index (χ0n) is 14.6. The number of likely N-dealkylation sites (tertiary alicyclic amines) is 2. The predicted molar refractivity (Wildman–Crippen MR) is 91.2 cm³/mol. The van der Waals surface area contributed by atoms with Crippen LogP contribution in [-0.2, 0) is 11.3 Å². The molecule has 1 aromatic rings. The summed E-state index contributed by atoms with van der Waals surface area (Å²) >= 11 is 0. The maximum absolute atomic E-state index is 12.4. The van der Waals surface area contributed by atoms with Gasteiger partial charge in [-0.2, -0.15) is 0 Å². The lowest BCUT2D eigenvalue weighted by Crippen LogP contribution is -2.47. The number of hydrogen-bond acceptors (Lipinski definition) is 3. The molecule has 0 aromatic carbocycles. The van der Waals surface area contributed by atoms with Gasteiger partial charge in [0.2, 0.25) is 5.91 Å². The first-order valence-electron chi connectivity index (χ1n) is 9.11. The number of carbonyl (C=O) groups excluding carboxylic acids is 1. The number of hydrogen-bond donors (Lipinski definition) is 0. The van der Waals surface area contributed by atoms with E-state index in [0.717, 1.165) is 37.4 Å². The molecule has 2 aliphatic rings. The van der Waals surface area contributed by atoms with Gasteiger partial charge in [0.05, 0.1) is 0 Å². The van der Waals surface area contributed by atoms with Crippen molar-refractivity contribution in [3.8, 4) is 0 Å². The summed E-state index contributed by atoms with van der Waals surface area (Å²) in [7, 11) is 2.27. The summed E-state index contributed by atoms with van der Waals surface area (Å²) < 4.78 is 2.06. The molecule has 2 fully saturated rings. The average Bonchev–Trinajstić information content (AvgIpc) is 2.98. The van der Waals surface area contributed by atoms with Crippen molar-refractivity contribution in [3.63, 3.8) is 0 Å². The van der Waals surface area contributed by atoms with Crippen molar-refractivity contribution >= 4 is 5.91 Å². The van der Waals surface area contributed by atoms with Crippen LogP contribution in [0.1, 0.15) is 44.3 Å². The Bertz CT molecular complexity index is 519. The average molecular weight is 318 g/mol. The normalized spacial score (nSPS) is 24.1. The minimum Gasteiger partial charge on any atom is -0.343 e. The fourth-order valence-corrected chi connectivity index (χ4v) is 4.24. The highest BCUT2D eigenvalue weighted by Crippen LogP contribution is 2.29. The Morgan fingerprint density at radius 2 is 2.00 bits per heavy atom. The molecule has 5 heteroatoms. The summed E-state index contributed by atoms with van der Waals surface area (Å²) in [6.45, 7) is 5.86. The smallest absolute Gasteiger partial charge is 0.224 e. The zero-order chi connectivity index (χ0) is 16.2. The highest BCUT2D eigenvalue weighted by molar-refractivity contribution is 5.76. The van der Waals surface area contributed by atoms with E-state index in [1.54, 1.807) is 6.20 Å². The van der Waals surface area contributed by atoms with Crippen LogP contribution in [0.4, 0.5) is 0 Å². The minimum absolute atomic E-state index is 0.300. The largest absolute Gasteiger partial charge is 0.343 e. The van der Waals surface area contributed by atoms with Gasteiger partial charge in [-0.25, -0.2) is 4.98 Å². The monoisotopic (exact) mass is 318 g/mol. The van der Waals surface area contributed by atoms with E-state index >= 15 is 0 Å². The lowest BCUT2D eigenvalue weighted by molar-refractivity contribution is -0.133. The van der Waals surface area contributed by atoms with E-state index in [4.69, 9.17) is 0 Å². The van der Waals surface area contributed by atoms with Gasteiger partial charge in [0, 0.05) is 44.5 Å². The van der Waals surface area contributed by atoms with E-state index < -0.39 is 0 Å². The van der Waals surface area contributed by atoms with Crippen LogP contribution in [0.5, 0.6) is 0 Å². The second-order valence-corrected chi connectivity index (χ2v) is 7.18. The van der Waals surface area contributed by atoms with E-state index in [0.29, 0.717) is 12.3 Å². The van der Waals surface area contributed by atoms with Gasteiger partial charge in [0.1, 0.15) is 5.82 Å². The van der Waals surface area contributed by atoms with E-state index in [2.05, 4.69) is 26.4 Å². The van der Waals surface area contributed by atoms with Gasteiger partial charge in [-0.05, 0) is 52.1 Å². The summed E-state index contributed by atoms with van der Waals surface area (Å²) in [6.07, 6.45) is 10.7. The third-order valence-electron chi connectivity index (χ3n) is 5.75. The third kappa shape index (κ3) is 3.94. The highest BCUT2D eigenvalue weighted by Gasteiger charge is 2.31. The number of rotatable bonds is 4. The molecule has 0 bridgehead atoms. The number of carbonyl (C=O) groups is 1. The zero-order valence-corrected chi connectivity index (χ0v) is 14.6. The molecule has 128 valence electrons. The summed E-state index contributed by atoms with van der Waals surface area (Å²) in [4.78, 5) is 21.3. The van der Waals surface area contributed by atoms with Crippen molar-refractivity contribution < 1.29 is 4.79 Å². The van der Waals surface area contributed by atoms with Crippen LogP contribution < -0.4 is 0 Å². The van der Waals surface area contributed by atoms with Gasteiger partial charge >= 0.3 is 0 Å². The molecular weight excluding hydrogens is 288 g/mol. The second kappa shape index (κ2) is 7.47.